The molecule has 1 N–H and O–H groups in total. The Bertz CT molecular complexity index is 494. The molecule has 1 rings (SSSR count). The summed E-state index contributed by atoms with van der Waals surface area (Å²) in [5, 5.41) is 1.75. The van der Waals surface area contributed by atoms with Crippen molar-refractivity contribution >= 4 is 5.91 Å². The third-order valence-corrected chi connectivity index (χ3v) is 2.76. The third-order valence-electron chi connectivity index (χ3n) is 2.76. The molecule has 1 unspecified atom stereocenters. The zero-order chi connectivity index (χ0) is 16.3. The number of alkyl halides is 6. The number of rotatable bonds is 4. The molecule has 0 saturated carbocycles. The van der Waals surface area contributed by atoms with E-state index in [0.29, 0.717) is 5.56 Å². The SMILES string of the molecule is CC(CCc1cccc(C(F)(F)F)c1)NC(=O)C(F)(F)F. The van der Waals surface area contributed by atoms with E-state index in [0.717, 1.165) is 12.1 Å². The van der Waals surface area contributed by atoms with Crippen LogP contribution in [0.3, 0.4) is 0 Å². The van der Waals surface area contributed by atoms with Gasteiger partial charge in [0.15, 0.2) is 0 Å². The summed E-state index contributed by atoms with van der Waals surface area (Å²) in [5.41, 5.74) is -0.468. The molecule has 0 aliphatic heterocycles. The first-order chi connectivity index (χ1) is 9.50. The van der Waals surface area contributed by atoms with E-state index >= 15 is 0 Å². The van der Waals surface area contributed by atoms with E-state index in [4.69, 9.17) is 0 Å². The Morgan fingerprint density at radius 3 is 2.33 bits per heavy atom. The minimum atomic E-state index is -4.97. The van der Waals surface area contributed by atoms with Crippen LogP contribution in [0.1, 0.15) is 24.5 Å². The average molecular weight is 313 g/mol. The van der Waals surface area contributed by atoms with Crippen LogP contribution < -0.4 is 5.32 Å². The molecule has 0 saturated heterocycles. The number of halogens is 6. The van der Waals surface area contributed by atoms with E-state index in [2.05, 4.69) is 0 Å². The van der Waals surface area contributed by atoms with Crippen molar-refractivity contribution in [1.29, 1.82) is 0 Å². The van der Waals surface area contributed by atoms with Gasteiger partial charge in [0.25, 0.3) is 0 Å². The van der Waals surface area contributed by atoms with Gasteiger partial charge in [-0.25, -0.2) is 0 Å². The van der Waals surface area contributed by atoms with Crippen molar-refractivity contribution in [2.45, 2.75) is 38.2 Å². The highest BCUT2D eigenvalue weighted by atomic mass is 19.4. The minimum Gasteiger partial charge on any atom is -0.346 e. The molecule has 1 amide bonds. The standard InChI is InChI=1S/C13H13F6NO/c1-8(20-11(21)13(17,18)19)5-6-9-3-2-4-10(7-9)12(14,15)16/h2-4,7-8H,5-6H2,1H3,(H,20,21). The normalized spacial score (nSPS) is 13.9. The molecule has 1 aromatic carbocycles. The van der Waals surface area contributed by atoms with Gasteiger partial charge < -0.3 is 5.32 Å². The van der Waals surface area contributed by atoms with E-state index in [-0.39, 0.29) is 12.8 Å². The Morgan fingerprint density at radius 2 is 1.81 bits per heavy atom. The topological polar surface area (TPSA) is 29.1 Å². The van der Waals surface area contributed by atoms with Gasteiger partial charge in [0.1, 0.15) is 0 Å². The van der Waals surface area contributed by atoms with Crippen LogP contribution in [0.25, 0.3) is 0 Å². The molecule has 118 valence electrons. The Labute approximate surface area is 117 Å². The number of nitrogens with one attached hydrogen (secondary N) is 1. The highest BCUT2D eigenvalue weighted by Gasteiger charge is 2.39. The lowest BCUT2D eigenvalue weighted by Gasteiger charge is -2.15. The Balaban J connectivity index is 2.58. The van der Waals surface area contributed by atoms with Gasteiger partial charge in [0.2, 0.25) is 0 Å². The fourth-order valence-electron chi connectivity index (χ4n) is 1.66. The van der Waals surface area contributed by atoms with E-state index < -0.39 is 29.9 Å². The maximum absolute atomic E-state index is 12.5. The molecule has 0 fully saturated rings. The van der Waals surface area contributed by atoms with E-state index in [1.165, 1.54) is 19.1 Å². The van der Waals surface area contributed by atoms with Gasteiger partial charge in [0.05, 0.1) is 5.56 Å². The third kappa shape index (κ3) is 5.65. The maximum atomic E-state index is 12.5. The molecule has 8 heteroatoms. The fourth-order valence-corrected chi connectivity index (χ4v) is 1.66. The van der Waals surface area contributed by atoms with Gasteiger partial charge in [0, 0.05) is 6.04 Å². The van der Waals surface area contributed by atoms with Gasteiger partial charge in [-0.05, 0) is 31.4 Å². The number of aryl methyl sites for hydroxylation is 1. The van der Waals surface area contributed by atoms with Crippen LogP contribution in [0, 0.1) is 0 Å². The van der Waals surface area contributed by atoms with Crippen molar-refractivity contribution in [3.63, 3.8) is 0 Å². The summed E-state index contributed by atoms with van der Waals surface area (Å²) in [6.45, 7) is 1.36. The Morgan fingerprint density at radius 1 is 1.19 bits per heavy atom. The van der Waals surface area contributed by atoms with Crippen LogP contribution in [-0.4, -0.2) is 18.1 Å². The second kappa shape index (κ2) is 6.36. The molecule has 0 heterocycles. The molecule has 0 aliphatic rings. The summed E-state index contributed by atoms with van der Waals surface area (Å²) >= 11 is 0. The van der Waals surface area contributed by atoms with Gasteiger partial charge in [-0.3, -0.25) is 4.79 Å². The molecule has 0 radical (unpaired) electrons. The quantitative estimate of drug-likeness (QED) is 0.844. The second-order valence-corrected chi connectivity index (χ2v) is 4.61. The van der Waals surface area contributed by atoms with Gasteiger partial charge >= 0.3 is 18.3 Å². The smallest absolute Gasteiger partial charge is 0.346 e. The molecule has 0 spiro atoms. The molecule has 0 aliphatic carbocycles. The molecule has 0 aromatic heterocycles. The number of hydrogen-bond acceptors (Lipinski definition) is 1. The van der Waals surface area contributed by atoms with E-state index in [1.807, 2.05) is 0 Å². The van der Waals surface area contributed by atoms with Crippen LogP contribution in [-0.2, 0) is 17.4 Å². The van der Waals surface area contributed by atoms with Crippen molar-refractivity contribution < 1.29 is 31.1 Å². The first-order valence-electron chi connectivity index (χ1n) is 6.04. The number of amides is 1. The van der Waals surface area contributed by atoms with E-state index in [1.54, 1.807) is 5.32 Å². The molecular weight excluding hydrogens is 300 g/mol. The number of benzene rings is 1. The van der Waals surface area contributed by atoms with E-state index in [9.17, 15) is 31.1 Å². The van der Waals surface area contributed by atoms with Gasteiger partial charge in [-0.2, -0.15) is 26.3 Å². The largest absolute Gasteiger partial charge is 0.471 e. The molecule has 2 nitrogen and oxygen atoms in total. The van der Waals surface area contributed by atoms with Crippen molar-refractivity contribution in [2.75, 3.05) is 0 Å². The first-order valence-corrected chi connectivity index (χ1v) is 6.04. The molecule has 1 atom stereocenters. The molecule has 1 aromatic rings. The lowest BCUT2D eigenvalue weighted by atomic mass is 10.0. The monoisotopic (exact) mass is 313 g/mol. The Hall–Kier alpha value is -1.73. The predicted octanol–water partition coefficient (Wildman–Crippen LogP) is 3.71. The van der Waals surface area contributed by atoms with Crippen molar-refractivity contribution in [3.05, 3.63) is 35.4 Å². The summed E-state index contributed by atoms with van der Waals surface area (Å²) in [7, 11) is 0. The summed E-state index contributed by atoms with van der Waals surface area (Å²) in [6, 6.07) is 3.75. The van der Waals surface area contributed by atoms with Crippen LogP contribution in [0.2, 0.25) is 0 Å². The second-order valence-electron chi connectivity index (χ2n) is 4.61. The van der Waals surface area contributed by atoms with Crippen LogP contribution >= 0.6 is 0 Å². The molecule has 0 bridgehead atoms. The summed E-state index contributed by atoms with van der Waals surface area (Å²) in [4.78, 5) is 10.7. The lowest BCUT2D eigenvalue weighted by molar-refractivity contribution is -0.174. The maximum Gasteiger partial charge on any atom is 0.471 e. The number of hydrogen-bond donors (Lipinski definition) is 1. The Kier molecular flexibility index (Phi) is 5.25. The minimum absolute atomic E-state index is 0.100. The average Bonchev–Trinajstić information content (AvgIpc) is 2.34. The summed E-state index contributed by atoms with van der Waals surface area (Å²) in [6.07, 6.45) is -9.21. The van der Waals surface area contributed by atoms with Gasteiger partial charge in [-0.1, -0.05) is 18.2 Å². The zero-order valence-electron chi connectivity index (χ0n) is 11.0. The zero-order valence-corrected chi connectivity index (χ0v) is 11.0. The lowest BCUT2D eigenvalue weighted by Crippen LogP contribution is -2.42. The van der Waals surface area contributed by atoms with Gasteiger partial charge in [-0.15, -0.1) is 0 Å². The number of carbonyl (C=O) groups is 1. The predicted molar refractivity (Wildman–Crippen MR) is 63.4 cm³/mol. The van der Waals surface area contributed by atoms with Crippen LogP contribution in [0.5, 0.6) is 0 Å². The van der Waals surface area contributed by atoms with Crippen LogP contribution in [0.4, 0.5) is 26.3 Å². The molecule has 21 heavy (non-hydrogen) atoms. The van der Waals surface area contributed by atoms with Crippen LogP contribution in [0.15, 0.2) is 24.3 Å². The highest BCUT2D eigenvalue weighted by Crippen LogP contribution is 2.29. The molecular formula is C13H13F6NO. The summed E-state index contributed by atoms with van der Waals surface area (Å²) < 4.78 is 73.5. The summed E-state index contributed by atoms with van der Waals surface area (Å²) in [5.74, 6) is -2.06. The first kappa shape index (κ1) is 17.3. The fraction of sp³-hybridized carbons (Fsp3) is 0.462. The number of carbonyl (C=O) groups excluding carboxylic acids is 1. The van der Waals surface area contributed by atoms with Crippen molar-refractivity contribution in [1.82, 2.24) is 5.32 Å². The van der Waals surface area contributed by atoms with Crippen molar-refractivity contribution in [2.24, 2.45) is 0 Å². The highest BCUT2D eigenvalue weighted by molar-refractivity contribution is 5.81. The van der Waals surface area contributed by atoms with Crippen molar-refractivity contribution in [3.8, 4) is 0 Å².